The molecule has 0 spiro atoms. The van der Waals surface area contributed by atoms with Gasteiger partial charge >= 0.3 is 0 Å². The minimum Gasteiger partial charge on any atom is -0.479 e. The summed E-state index contributed by atoms with van der Waals surface area (Å²) in [7, 11) is 4.77. The Morgan fingerprint density at radius 1 is 1.12 bits per heavy atom. The molecule has 0 unspecified atom stereocenters. The maximum absolute atomic E-state index is 12.3. The zero-order valence-corrected chi connectivity index (χ0v) is 16.6. The minimum absolute atomic E-state index is 0.128. The van der Waals surface area contributed by atoms with Gasteiger partial charge in [-0.1, -0.05) is 20.8 Å². The monoisotopic (exact) mass is 366 g/mol. The number of carbonyl (C=O) groups is 1. The first kappa shape index (κ1) is 20.2. The molecule has 0 atom stereocenters. The zero-order chi connectivity index (χ0) is 19.3. The van der Waals surface area contributed by atoms with Crippen LogP contribution in [0.2, 0.25) is 0 Å². The smallest absolute Gasteiger partial charge is 0.246 e. The van der Waals surface area contributed by atoms with Crippen molar-refractivity contribution in [2.24, 2.45) is 5.41 Å². The highest BCUT2D eigenvalue weighted by Crippen LogP contribution is 2.34. The van der Waals surface area contributed by atoms with Gasteiger partial charge in [0, 0.05) is 26.6 Å². The third-order valence-corrected chi connectivity index (χ3v) is 4.23. The van der Waals surface area contributed by atoms with Crippen molar-refractivity contribution >= 4 is 17.5 Å². The number of piperidine rings is 1. The van der Waals surface area contributed by atoms with E-state index in [-0.39, 0.29) is 17.4 Å². The van der Waals surface area contributed by atoms with E-state index in [1.165, 1.54) is 14.2 Å². The van der Waals surface area contributed by atoms with Gasteiger partial charge in [-0.05, 0) is 18.3 Å². The number of hydrogen-bond donors (Lipinski definition) is 1. The van der Waals surface area contributed by atoms with Gasteiger partial charge in [0.2, 0.25) is 23.6 Å². The van der Waals surface area contributed by atoms with Crippen molar-refractivity contribution in [3.8, 4) is 11.8 Å². The molecule has 1 aliphatic heterocycles. The molecule has 0 aromatic carbocycles. The highest BCUT2D eigenvalue weighted by Gasteiger charge is 2.25. The molecule has 1 fully saturated rings. The Bertz CT molecular complexity index is 597. The second-order valence-corrected chi connectivity index (χ2v) is 7.62. The fraction of sp³-hybridized carbons (Fsp3) is 0.722. The van der Waals surface area contributed by atoms with Crippen LogP contribution < -0.4 is 19.7 Å². The van der Waals surface area contributed by atoms with E-state index in [1.54, 1.807) is 7.11 Å². The standard InChI is InChI=1S/C18H30N4O4/c1-18(2,3)11-13(23)19-14-15(25-5)20-17(21-16(14)26-6)22-9-7-12(24-4)8-10-22/h12H,7-11H2,1-6H3,(H,19,23). The molecule has 1 saturated heterocycles. The van der Waals surface area contributed by atoms with Gasteiger partial charge in [-0.15, -0.1) is 0 Å². The van der Waals surface area contributed by atoms with Crippen molar-refractivity contribution in [3.63, 3.8) is 0 Å². The van der Waals surface area contributed by atoms with E-state index in [0.717, 1.165) is 25.9 Å². The average molecular weight is 366 g/mol. The summed E-state index contributed by atoms with van der Waals surface area (Å²) in [6, 6.07) is 0. The summed E-state index contributed by atoms with van der Waals surface area (Å²) in [5.41, 5.74) is 0.233. The predicted molar refractivity (Wildman–Crippen MR) is 100 cm³/mol. The number of carbonyl (C=O) groups excluding carboxylic acids is 1. The number of ether oxygens (including phenoxy) is 3. The molecule has 2 heterocycles. The molecule has 1 aromatic rings. The number of methoxy groups -OCH3 is 3. The quantitative estimate of drug-likeness (QED) is 0.828. The van der Waals surface area contributed by atoms with Gasteiger partial charge in [0.25, 0.3) is 0 Å². The van der Waals surface area contributed by atoms with Gasteiger partial charge < -0.3 is 24.4 Å². The highest BCUT2D eigenvalue weighted by molar-refractivity contribution is 5.93. The largest absolute Gasteiger partial charge is 0.479 e. The molecular formula is C18H30N4O4. The van der Waals surface area contributed by atoms with Gasteiger partial charge in [0.05, 0.1) is 20.3 Å². The van der Waals surface area contributed by atoms with Crippen LogP contribution in [0.3, 0.4) is 0 Å². The number of anilines is 2. The molecule has 0 aliphatic carbocycles. The average Bonchev–Trinajstić information content (AvgIpc) is 2.60. The van der Waals surface area contributed by atoms with Gasteiger partial charge in [-0.3, -0.25) is 4.79 Å². The van der Waals surface area contributed by atoms with Crippen LogP contribution in [0.1, 0.15) is 40.0 Å². The van der Waals surface area contributed by atoms with Crippen LogP contribution in [0.15, 0.2) is 0 Å². The summed E-state index contributed by atoms with van der Waals surface area (Å²) in [5.74, 6) is 0.986. The fourth-order valence-electron chi connectivity index (χ4n) is 2.91. The second-order valence-electron chi connectivity index (χ2n) is 7.62. The first-order valence-electron chi connectivity index (χ1n) is 8.85. The van der Waals surface area contributed by atoms with E-state index in [9.17, 15) is 4.79 Å². The molecule has 0 radical (unpaired) electrons. The summed E-state index contributed by atoms with van der Waals surface area (Å²) >= 11 is 0. The minimum atomic E-state index is -0.133. The highest BCUT2D eigenvalue weighted by atomic mass is 16.5. The van der Waals surface area contributed by atoms with Crippen LogP contribution in [-0.2, 0) is 9.53 Å². The van der Waals surface area contributed by atoms with Crippen LogP contribution in [-0.4, -0.2) is 56.4 Å². The van der Waals surface area contributed by atoms with Crippen LogP contribution in [0, 0.1) is 5.41 Å². The molecule has 0 bridgehead atoms. The molecule has 1 aromatic heterocycles. The van der Waals surface area contributed by atoms with Gasteiger partial charge in [0.15, 0.2) is 5.69 Å². The molecule has 1 N–H and O–H groups in total. The number of aromatic nitrogens is 2. The number of nitrogens with one attached hydrogen (secondary N) is 1. The maximum Gasteiger partial charge on any atom is 0.246 e. The molecule has 0 saturated carbocycles. The number of hydrogen-bond acceptors (Lipinski definition) is 7. The SMILES string of the molecule is COc1nc(N2CCC(OC)CC2)nc(OC)c1NC(=O)CC(C)(C)C. The Labute approximate surface area is 155 Å². The Morgan fingerprint density at radius 2 is 1.65 bits per heavy atom. The predicted octanol–water partition coefficient (Wildman–Crippen LogP) is 2.48. The van der Waals surface area contributed by atoms with E-state index in [4.69, 9.17) is 14.2 Å². The van der Waals surface area contributed by atoms with E-state index in [1.807, 2.05) is 20.8 Å². The Morgan fingerprint density at radius 3 is 2.08 bits per heavy atom. The first-order valence-corrected chi connectivity index (χ1v) is 8.85. The fourth-order valence-corrected chi connectivity index (χ4v) is 2.91. The summed E-state index contributed by atoms with van der Waals surface area (Å²) in [6.45, 7) is 7.60. The van der Waals surface area contributed by atoms with Crippen molar-refractivity contribution in [2.75, 3.05) is 44.6 Å². The van der Waals surface area contributed by atoms with Gasteiger partial charge in [0.1, 0.15) is 0 Å². The van der Waals surface area contributed by atoms with Crippen molar-refractivity contribution in [3.05, 3.63) is 0 Å². The van der Waals surface area contributed by atoms with Crippen molar-refractivity contribution < 1.29 is 19.0 Å². The molecule has 146 valence electrons. The molecule has 26 heavy (non-hydrogen) atoms. The third-order valence-electron chi connectivity index (χ3n) is 4.23. The molecule has 2 rings (SSSR count). The summed E-state index contributed by atoms with van der Waals surface area (Å²) in [4.78, 5) is 23.4. The number of nitrogens with zero attached hydrogens (tertiary/aromatic N) is 3. The van der Waals surface area contributed by atoms with E-state index in [2.05, 4.69) is 20.2 Å². The number of amides is 1. The number of rotatable bonds is 6. The van der Waals surface area contributed by atoms with Crippen molar-refractivity contribution in [1.82, 2.24) is 9.97 Å². The van der Waals surface area contributed by atoms with Crippen molar-refractivity contribution in [2.45, 2.75) is 46.1 Å². The molecular weight excluding hydrogens is 336 g/mol. The molecule has 1 aliphatic rings. The van der Waals surface area contributed by atoms with Crippen LogP contribution in [0.4, 0.5) is 11.6 Å². The van der Waals surface area contributed by atoms with E-state index in [0.29, 0.717) is 29.8 Å². The van der Waals surface area contributed by atoms with Crippen LogP contribution in [0.5, 0.6) is 11.8 Å². The van der Waals surface area contributed by atoms with Crippen molar-refractivity contribution in [1.29, 1.82) is 0 Å². The lowest BCUT2D eigenvalue weighted by Crippen LogP contribution is -2.37. The lowest BCUT2D eigenvalue weighted by Gasteiger charge is -2.31. The lowest BCUT2D eigenvalue weighted by molar-refractivity contribution is -0.117. The Balaban J connectivity index is 2.23. The normalized spacial score (nSPS) is 15.7. The third kappa shape index (κ3) is 5.20. The maximum atomic E-state index is 12.3. The van der Waals surface area contributed by atoms with E-state index < -0.39 is 0 Å². The summed E-state index contributed by atoms with van der Waals surface area (Å²) < 4.78 is 16.2. The molecule has 8 heteroatoms. The zero-order valence-electron chi connectivity index (χ0n) is 16.6. The Kier molecular flexibility index (Phi) is 6.63. The Hall–Kier alpha value is -2.09. The van der Waals surface area contributed by atoms with Gasteiger partial charge in [-0.25, -0.2) is 0 Å². The lowest BCUT2D eigenvalue weighted by atomic mass is 9.92. The van der Waals surface area contributed by atoms with Crippen LogP contribution in [0.25, 0.3) is 0 Å². The first-order chi connectivity index (χ1) is 12.3. The summed E-state index contributed by atoms with van der Waals surface area (Å²) in [6.07, 6.45) is 2.46. The topological polar surface area (TPSA) is 85.8 Å². The molecule has 8 nitrogen and oxygen atoms in total. The summed E-state index contributed by atoms with van der Waals surface area (Å²) in [5, 5.41) is 2.83. The van der Waals surface area contributed by atoms with Gasteiger partial charge in [-0.2, -0.15) is 9.97 Å². The van der Waals surface area contributed by atoms with E-state index >= 15 is 0 Å². The molecule has 1 amide bonds. The second kappa shape index (κ2) is 8.53. The van der Waals surface area contributed by atoms with Crippen LogP contribution >= 0.6 is 0 Å².